The van der Waals surface area contributed by atoms with Crippen molar-refractivity contribution < 1.29 is 73.5 Å². The predicted molar refractivity (Wildman–Crippen MR) is 42.8 cm³/mol. The van der Waals surface area contributed by atoms with E-state index in [0.717, 1.165) is 6.54 Å². The van der Waals surface area contributed by atoms with Crippen LogP contribution in [-0.2, 0) is 16.9 Å². The molecule has 0 amide bonds. The molecule has 1 aromatic rings. The number of hydrogen-bond donors (Lipinski definition) is 0. The third kappa shape index (κ3) is 15.1. The first-order valence-corrected chi connectivity index (χ1v) is 4.87. The molecule has 0 aromatic carbocycles. The summed E-state index contributed by atoms with van der Waals surface area (Å²) in [5, 5.41) is 0. The molecule has 0 unspecified atom stereocenters. The van der Waals surface area contributed by atoms with E-state index < -0.39 is 10.4 Å². The molecule has 0 fully saturated rings. The molecule has 0 aliphatic carbocycles. The van der Waals surface area contributed by atoms with Gasteiger partial charge in [0, 0.05) is 22.5 Å². The minimum atomic E-state index is -5.17. The largest absolute Gasteiger partial charge is 1.00 e. The number of pyridine rings is 1. The fraction of sp³-hybridized carbons (Fsp3) is 0.286. The fourth-order valence-corrected chi connectivity index (χ4v) is 0.645. The molecule has 0 aliphatic heterocycles. The Hall–Kier alpha value is 0.656. The van der Waals surface area contributed by atoms with E-state index in [4.69, 9.17) is 17.5 Å². The van der Waals surface area contributed by atoms with E-state index in [1.807, 2.05) is 18.2 Å². The number of rotatable bonds is 1. The Morgan fingerprint density at radius 2 is 1.50 bits per heavy atom. The zero-order valence-electron chi connectivity index (χ0n) is 8.08. The third-order valence-electron chi connectivity index (χ3n) is 1.14. The van der Waals surface area contributed by atoms with Gasteiger partial charge in [0.25, 0.3) is 0 Å². The topological polar surface area (TPSA) is 84.1 Å². The van der Waals surface area contributed by atoms with Crippen LogP contribution in [-0.4, -0.2) is 17.5 Å². The maximum atomic E-state index is 8.52. The summed E-state index contributed by atoms with van der Waals surface area (Å²) in [6.45, 7) is 3.18. The molecule has 0 saturated heterocycles. The van der Waals surface area contributed by atoms with Crippen LogP contribution in [0.5, 0.6) is 0 Å². The van der Waals surface area contributed by atoms with Crippen LogP contribution in [0.25, 0.3) is 0 Å². The number of aryl methyl sites for hydroxylation is 1. The average Bonchev–Trinajstić information content (AvgIpc) is 2.03. The van der Waals surface area contributed by atoms with Gasteiger partial charge in [0.1, 0.15) is 6.54 Å². The summed E-state index contributed by atoms with van der Waals surface area (Å²) in [6.07, 6.45) is 4.11. The third-order valence-corrected chi connectivity index (χ3v) is 1.14. The van der Waals surface area contributed by atoms with Crippen molar-refractivity contribution in [1.82, 2.24) is 0 Å². The molecule has 0 atom stereocenters. The minimum Gasteiger partial charge on any atom is -0.759 e. The van der Waals surface area contributed by atoms with Gasteiger partial charge in [-0.2, -0.15) is 0 Å². The van der Waals surface area contributed by atoms with Gasteiger partial charge < -0.3 is 9.11 Å². The van der Waals surface area contributed by atoms with E-state index in [-0.39, 0.29) is 51.4 Å². The quantitative estimate of drug-likeness (QED) is 0.223. The van der Waals surface area contributed by atoms with Gasteiger partial charge in [0.2, 0.25) is 0 Å². The van der Waals surface area contributed by atoms with Gasteiger partial charge in [0.15, 0.2) is 12.4 Å². The van der Waals surface area contributed by atoms with Crippen LogP contribution in [0.3, 0.4) is 0 Å². The zero-order valence-corrected chi connectivity index (χ0v) is 12.0. The molecule has 0 bridgehead atoms. The summed E-state index contributed by atoms with van der Waals surface area (Å²) in [6, 6.07) is 6.08. The van der Waals surface area contributed by atoms with Gasteiger partial charge in [-0.1, -0.05) is 6.07 Å². The van der Waals surface area contributed by atoms with Crippen molar-refractivity contribution in [1.29, 1.82) is 0 Å². The van der Waals surface area contributed by atoms with E-state index in [2.05, 4.69) is 23.9 Å². The van der Waals surface area contributed by atoms with Gasteiger partial charge in [-0.25, -0.2) is 4.57 Å². The Morgan fingerprint density at radius 1 is 1.14 bits per heavy atom. The molecule has 0 aliphatic rings. The molecule has 0 spiro atoms. The summed E-state index contributed by atoms with van der Waals surface area (Å²) in [5.41, 5.74) is 0. The van der Waals surface area contributed by atoms with E-state index in [1.54, 1.807) is 0 Å². The van der Waals surface area contributed by atoms with Crippen molar-refractivity contribution in [2.45, 2.75) is 13.5 Å². The zero-order chi connectivity index (χ0) is 10.3. The Labute approximate surface area is 126 Å². The number of nitrogens with zero attached hydrogens (tertiary/aromatic N) is 1. The molecule has 5 nitrogen and oxygen atoms in total. The smallest absolute Gasteiger partial charge is 0.759 e. The summed E-state index contributed by atoms with van der Waals surface area (Å²) in [4.78, 5) is 0. The summed E-state index contributed by atoms with van der Waals surface area (Å²) in [7, 11) is -5.17. The van der Waals surface area contributed by atoms with Crippen LogP contribution in [0, 0.1) is 0 Å². The molecule has 7 heteroatoms. The van der Waals surface area contributed by atoms with Crippen LogP contribution in [0.1, 0.15) is 6.92 Å². The second-order valence-electron chi connectivity index (χ2n) is 2.11. The van der Waals surface area contributed by atoms with Crippen molar-refractivity contribution in [2.24, 2.45) is 0 Å². The van der Waals surface area contributed by atoms with Crippen molar-refractivity contribution in [2.75, 3.05) is 0 Å². The predicted octanol–water partition coefficient (Wildman–Crippen LogP) is -3.34. The standard InChI is InChI=1S/C7H10N.K.H2O4S/c1-2-8-6-4-3-5-7-8;;1-5(2,3)4/h3-7H,2H2,1H3;;(H2,1,2,3,4)/q2*+1;/p-2. The molecule has 14 heavy (non-hydrogen) atoms. The maximum absolute atomic E-state index is 8.52. The monoisotopic (exact) mass is 243 g/mol. The minimum absolute atomic E-state index is 0. The Balaban J connectivity index is 0. The summed E-state index contributed by atoms with van der Waals surface area (Å²) >= 11 is 0. The van der Waals surface area contributed by atoms with Crippen molar-refractivity contribution in [3.8, 4) is 0 Å². The molecule has 1 heterocycles. The first kappa shape index (κ1) is 17.1. The van der Waals surface area contributed by atoms with Gasteiger partial charge >= 0.3 is 51.4 Å². The van der Waals surface area contributed by atoms with Crippen LogP contribution < -0.4 is 56.0 Å². The summed E-state index contributed by atoms with van der Waals surface area (Å²) < 4.78 is 36.2. The van der Waals surface area contributed by atoms with Crippen LogP contribution in [0.15, 0.2) is 30.6 Å². The second kappa shape index (κ2) is 8.92. The molecule has 0 saturated carbocycles. The van der Waals surface area contributed by atoms with Gasteiger partial charge in [-0.05, 0) is 6.92 Å². The molecule has 74 valence electrons. The SMILES string of the molecule is CC[n+]1ccccc1.O=S(=O)([O-])[O-].[K+]. The molecule has 0 N–H and O–H groups in total. The van der Waals surface area contributed by atoms with Gasteiger partial charge in [-0.15, -0.1) is 0 Å². The molecule has 0 radical (unpaired) electrons. The molecule has 1 rings (SSSR count). The molecular formula is C7H10KNO4S. The molecular weight excluding hydrogens is 233 g/mol. The number of aromatic nitrogens is 1. The first-order valence-electron chi connectivity index (χ1n) is 3.54. The van der Waals surface area contributed by atoms with Crippen LogP contribution >= 0.6 is 0 Å². The van der Waals surface area contributed by atoms with Gasteiger partial charge in [-0.3, -0.25) is 8.42 Å². The van der Waals surface area contributed by atoms with Gasteiger partial charge in [0.05, 0.1) is 0 Å². The van der Waals surface area contributed by atoms with Crippen LogP contribution in [0.4, 0.5) is 0 Å². The van der Waals surface area contributed by atoms with E-state index in [9.17, 15) is 0 Å². The van der Waals surface area contributed by atoms with Crippen molar-refractivity contribution >= 4 is 10.4 Å². The van der Waals surface area contributed by atoms with Crippen molar-refractivity contribution in [3.63, 3.8) is 0 Å². The first-order chi connectivity index (χ1) is 5.93. The van der Waals surface area contributed by atoms with E-state index in [1.165, 1.54) is 0 Å². The van der Waals surface area contributed by atoms with E-state index >= 15 is 0 Å². The van der Waals surface area contributed by atoms with Crippen LogP contribution in [0.2, 0.25) is 0 Å². The van der Waals surface area contributed by atoms with E-state index in [0.29, 0.717) is 0 Å². The number of hydrogen-bond acceptors (Lipinski definition) is 4. The normalized spacial score (nSPS) is 9.36. The van der Waals surface area contributed by atoms with Crippen molar-refractivity contribution in [3.05, 3.63) is 30.6 Å². The Kier molecular flexibility index (Phi) is 10.9. The Morgan fingerprint density at radius 3 is 1.71 bits per heavy atom. The fourth-order valence-electron chi connectivity index (χ4n) is 0.645. The Bertz CT molecular complexity index is 319. The molecule has 1 aromatic heterocycles. The average molecular weight is 243 g/mol. The summed E-state index contributed by atoms with van der Waals surface area (Å²) in [5.74, 6) is 0. The second-order valence-corrected chi connectivity index (χ2v) is 2.93. The maximum Gasteiger partial charge on any atom is 1.00 e.